The van der Waals surface area contributed by atoms with Crippen molar-refractivity contribution in [2.24, 2.45) is 5.41 Å². The summed E-state index contributed by atoms with van der Waals surface area (Å²) < 4.78 is 0. The maximum absolute atomic E-state index is 12.6. The maximum Gasteiger partial charge on any atom is 0.224 e. The number of amides is 1. The number of rotatable bonds is 5. The summed E-state index contributed by atoms with van der Waals surface area (Å²) in [6, 6.07) is 14.0. The third-order valence-electron chi connectivity index (χ3n) is 5.98. The molecule has 1 N–H and O–H groups in total. The van der Waals surface area contributed by atoms with Crippen molar-refractivity contribution in [2.45, 2.75) is 45.1 Å². The largest absolute Gasteiger partial charge is 0.352 e. The van der Waals surface area contributed by atoms with Crippen molar-refractivity contribution in [2.75, 3.05) is 18.0 Å². The first kappa shape index (κ1) is 18.4. The van der Waals surface area contributed by atoms with Gasteiger partial charge in [0.2, 0.25) is 5.91 Å². The summed E-state index contributed by atoms with van der Waals surface area (Å²) in [7, 11) is 0. The molecule has 1 atom stereocenters. The zero-order valence-corrected chi connectivity index (χ0v) is 16.4. The Hall–Kier alpha value is -2.94. The van der Waals surface area contributed by atoms with E-state index in [1.54, 1.807) is 6.07 Å². The van der Waals surface area contributed by atoms with Crippen LogP contribution in [0.3, 0.4) is 0 Å². The molecular weight excluding hydrogens is 350 g/mol. The molecule has 1 aliphatic heterocycles. The molecule has 2 aromatic rings. The van der Waals surface area contributed by atoms with Gasteiger partial charge in [-0.05, 0) is 42.0 Å². The van der Waals surface area contributed by atoms with Crippen LogP contribution in [0.4, 0.5) is 5.82 Å². The van der Waals surface area contributed by atoms with Crippen molar-refractivity contribution in [1.29, 1.82) is 5.26 Å². The Bertz CT molecular complexity index is 894. The molecule has 1 aromatic carbocycles. The Kier molecular flexibility index (Phi) is 4.76. The van der Waals surface area contributed by atoms with E-state index < -0.39 is 0 Å². The SMILES string of the molecule is CC(C)c1ccc(CC(=O)N[C@@H]2CN(c3ccc(C#N)nn3)CC23CC3)cc1. The zero-order chi connectivity index (χ0) is 19.7. The van der Waals surface area contributed by atoms with E-state index in [4.69, 9.17) is 5.26 Å². The molecule has 28 heavy (non-hydrogen) atoms. The fourth-order valence-corrected chi connectivity index (χ4v) is 4.01. The van der Waals surface area contributed by atoms with Gasteiger partial charge < -0.3 is 10.2 Å². The Morgan fingerprint density at radius 1 is 1.25 bits per heavy atom. The van der Waals surface area contributed by atoms with E-state index >= 15 is 0 Å². The number of nitrogens with zero attached hydrogens (tertiary/aromatic N) is 4. The number of hydrogen-bond acceptors (Lipinski definition) is 5. The van der Waals surface area contributed by atoms with Crippen molar-refractivity contribution >= 4 is 11.7 Å². The van der Waals surface area contributed by atoms with Gasteiger partial charge in [-0.25, -0.2) is 0 Å². The smallest absolute Gasteiger partial charge is 0.224 e. The van der Waals surface area contributed by atoms with E-state index in [2.05, 4.69) is 58.5 Å². The normalized spacial score (nSPS) is 19.6. The molecule has 1 aliphatic carbocycles. The molecule has 0 radical (unpaired) electrons. The number of benzene rings is 1. The molecule has 1 aromatic heterocycles. The van der Waals surface area contributed by atoms with Crippen molar-refractivity contribution in [3.8, 4) is 6.07 Å². The van der Waals surface area contributed by atoms with E-state index in [1.807, 2.05) is 12.1 Å². The molecule has 6 nitrogen and oxygen atoms in total. The van der Waals surface area contributed by atoms with Crippen LogP contribution in [0.1, 0.15) is 49.4 Å². The number of nitrogens with one attached hydrogen (secondary N) is 1. The number of anilines is 1. The number of hydrogen-bond donors (Lipinski definition) is 1. The number of nitriles is 1. The van der Waals surface area contributed by atoms with Gasteiger partial charge in [-0.3, -0.25) is 4.79 Å². The van der Waals surface area contributed by atoms with E-state index in [1.165, 1.54) is 5.56 Å². The lowest BCUT2D eigenvalue weighted by Gasteiger charge is -2.18. The standard InChI is InChI=1S/C22H25N5O/c1-15(2)17-5-3-16(4-6-17)11-21(28)24-19-13-27(14-22(19)9-10-22)20-8-7-18(12-23)25-26-20/h3-8,15,19H,9-11,13-14H2,1-2H3,(H,24,28)/t19-/m1/s1. The topological polar surface area (TPSA) is 81.9 Å². The lowest BCUT2D eigenvalue weighted by atomic mass is 9.99. The average molecular weight is 375 g/mol. The Morgan fingerprint density at radius 2 is 2.00 bits per heavy atom. The fourth-order valence-electron chi connectivity index (χ4n) is 4.01. The van der Waals surface area contributed by atoms with E-state index in [0.717, 1.165) is 37.3 Å². The summed E-state index contributed by atoms with van der Waals surface area (Å²) in [5, 5.41) is 20.2. The summed E-state index contributed by atoms with van der Waals surface area (Å²) in [4.78, 5) is 14.8. The Balaban J connectivity index is 1.38. The second-order valence-corrected chi connectivity index (χ2v) is 8.32. The monoisotopic (exact) mass is 375 g/mol. The molecule has 0 bridgehead atoms. The highest BCUT2D eigenvalue weighted by molar-refractivity contribution is 5.79. The summed E-state index contributed by atoms with van der Waals surface area (Å²) in [6.45, 7) is 5.95. The molecule has 1 saturated heterocycles. The van der Waals surface area contributed by atoms with Gasteiger partial charge in [-0.15, -0.1) is 10.2 Å². The highest BCUT2D eigenvalue weighted by Crippen LogP contribution is 2.53. The predicted octanol–water partition coefficient (Wildman–Crippen LogP) is 2.80. The van der Waals surface area contributed by atoms with Crippen LogP contribution >= 0.6 is 0 Å². The average Bonchev–Trinajstić information content (AvgIpc) is 3.39. The minimum absolute atomic E-state index is 0.0707. The summed E-state index contributed by atoms with van der Waals surface area (Å²) in [6.07, 6.45) is 2.66. The third kappa shape index (κ3) is 3.70. The van der Waals surface area contributed by atoms with Gasteiger partial charge >= 0.3 is 0 Å². The van der Waals surface area contributed by atoms with Gasteiger partial charge in [0.15, 0.2) is 11.5 Å². The van der Waals surface area contributed by atoms with Crippen LogP contribution in [0.25, 0.3) is 0 Å². The van der Waals surface area contributed by atoms with E-state index in [0.29, 0.717) is 18.0 Å². The lowest BCUT2D eigenvalue weighted by Crippen LogP contribution is -2.42. The molecule has 6 heteroatoms. The first-order valence-corrected chi connectivity index (χ1v) is 9.86. The molecule has 2 fully saturated rings. The first-order chi connectivity index (χ1) is 13.5. The van der Waals surface area contributed by atoms with Crippen LogP contribution in [-0.2, 0) is 11.2 Å². The fraction of sp³-hybridized carbons (Fsp3) is 0.455. The minimum Gasteiger partial charge on any atom is -0.352 e. The molecule has 0 unspecified atom stereocenters. The molecule has 1 spiro atoms. The highest BCUT2D eigenvalue weighted by Gasteiger charge is 2.55. The summed E-state index contributed by atoms with van der Waals surface area (Å²) in [5.74, 6) is 1.33. The number of aromatic nitrogens is 2. The second-order valence-electron chi connectivity index (χ2n) is 8.32. The van der Waals surface area contributed by atoms with Crippen molar-refractivity contribution in [3.05, 3.63) is 53.2 Å². The molecule has 1 amide bonds. The van der Waals surface area contributed by atoms with Gasteiger partial charge in [0, 0.05) is 18.5 Å². The van der Waals surface area contributed by atoms with Crippen LogP contribution < -0.4 is 10.2 Å². The van der Waals surface area contributed by atoms with Gasteiger partial charge in [0.1, 0.15) is 6.07 Å². The summed E-state index contributed by atoms with van der Waals surface area (Å²) >= 11 is 0. The van der Waals surface area contributed by atoms with Crippen molar-refractivity contribution in [1.82, 2.24) is 15.5 Å². The van der Waals surface area contributed by atoms with Crippen LogP contribution in [-0.4, -0.2) is 35.2 Å². The lowest BCUT2D eigenvalue weighted by molar-refractivity contribution is -0.121. The second kappa shape index (κ2) is 7.23. The quantitative estimate of drug-likeness (QED) is 0.869. The highest BCUT2D eigenvalue weighted by atomic mass is 16.1. The molecular formula is C22H25N5O. The minimum atomic E-state index is 0.0707. The van der Waals surface area contributed by atoms with Gasteiger partial charge in [0.05, 0.1) is 12.5 Å². The van der Waals surface area contributed by atoms with E-state index in [-0.39, 0.29) is 17.4 Å². The molecule has 1 saturated carbocycles. The number of carbonyl (C=O) groups excluding carboxylic acids is 1. The van der Waals surface area contributed by atoms with Gasteiger partial charge in [-0.2, -0.15) is 5.26 Å². The molecule has 4 rings (SSSR count). The van der Waals surface area contributed by atoms with Crippen LogP contribution in [0.15, 0.2) is 36.4 Å². The van der Waals surface area contributed by atoms with Gasteiger partial charge in [-0.1, -0.05) is 38.1 Å². The zero-order valence-electron chi connectivity index (χ0n) is 16.4. The van der Waals surface area contributed by atoms with Gasteiger partial charge in [0.25, 0.3) is 0 Å². The number of carbonyl (C=O) groups is 1. The third-order valence-corrected chi connectivity index (χ3v) is 5.98. The predicted molar refractivity (Wildman–Crippen MR) is 107 cm³/mol. The molecule has 2 heterocycles. The first-order valence-electron chi connectivity index (χ1n) is 9.86. The Morgan fingerprint density at radius 3 is 2.57 bits per heavy atom. The molecule has 144 valence electrons. The van der Waals surface area contributed by atoms with E-state index in [9.17, 15) is 4.79 Å². The molecule has 2 aliphatic rings. The van der Waals surface area contributed by atoms with Crippen LogP contribution in [0, 0.1) is 16.7 Å². The van der Waals surface area contributed by atoms with Crippen LogP contribution in [0.2, 0.25) is 0 Å². The maximum atomic E-state index is 12.6. The summed E-state index contributed by atoms with van der Waals surface area (Å²) in [5.41, 5.74) is 2.81. The van der Waals surface area contributed by atoms with Crippen molar-refractivity contribution < 1.29 is 4.79 Å². The van der Waals surface area contributed by atoms with Crippen molar-refractivity contribution in [3.63, 3.8) is 0 Å². The van der Waals surface area contributed by atoms with Crippen LogP contribution in [0.5, 0.6) is 0 Å². The Labute approximate surface area is 165 Å².